The number of benzene rings is 2. The molecule has 1 heterocycles. The van der Waals surface area contributed by atoms with Gasteiger partial charge in [-0.05, 0) is 42.7 Å². The lowest BCUT2D eigenvalue weighted by molar-refractivity contribution is 0.0696. The van der Waals surface area contributed by atoms with Crippen molar-refractivity contribution in [2.75, 3.05) is 5.32 Å². The number of hydrogen-bond acceptors (Lipinski definition) is 2. The van der Waals surface area contributed by atoms with Gasteiger partial charge in [-0.3, -0.25) is 4.79 Å². The van der Waals surface area contributed by atoms with Gasteiger partial charge in [-0.1, -0.05) is 32.0 Å². The Balaban J connectivity index is 1.86. The van der Waals surface area contributed by atoms with Crippen LogP contribution in [0.15, 0.2) is 54.7 Å². The molecule has 0 atom stereocenters. The van der Waals surface area contributed by atoms with Crippen molar-refractivity contribution < 1.29 is 14.7 Å². The van der Waals surface area contributed by atoms with Crippen LogP contribution in [0.5, 0.6) is 0 Å². The maximum Gasteiger partial charge on any atom is 0.335 e. The summed E-state index contributed by atoms with van der Waals surface area (Å²) in [6.45, 7) is 5.22. The SMILES string of the molecule is CC(C)CCn1cc(C(=O)Nc2ccc(C(=O)O)cc2)c2ccccc21. The van der Waals surface area contributed by atoms with Crippen molar-refractivity contribution in [3.63, 3.8) is 0 Å². The van der Waals surface area contributed by atoms with Gasteiger partial charge in [0.05, 0.1) is 11.1 Å². The van der Waals surface area contributed by atoms with Gasteiger partial charge in [-0.25, -0.2) is 4.79 Å². The first-order chi connectivity index (χ1) is 12.5. The summed E-state index contributed by atoms with van der Waals surface area (Å²) < 4.78 is 2.12. The molecule has 134 valence electrons. The third-order valence-corrected chi connectivity index (χ3v) is 4.37. The van der Waals surface area contributed by atoms with E-state index in [0.717, 1.165) is 23.9 Å². The lowest BCUT2D eigenvalue weighted by Gasteiger charge is -2.07. The average molecular weight is 350 g/mol. The van der Waals surface area contributed by atoms with Gasteiger partial charge in [0.2, 0.25) is 0 Å². The fourth-order valence-corrected chi connectivity index (χ4v) is 2.90. The van der Waals surface area contributed by atoms with Crippen LogP contribution in [0.3, 0.4) is 0 Å². The van der Waals surface area contributed by atoms with Gasteiger partial charge in [-0.15, -0.1) is 0 Å². The molecular formula is C21H22N2O3. The van der Waals surface area contributed by atoms with Gasteiger partial charge in [0.1, 0.15) is 0 Å². The number of hydrogen-bond donors (Lipinski definition) is 2. The summed E-state index contributed by atoms with van der Waals surface area (Å²) in [5, 5.41) is 12.7. The number of anilines is 1. The molecule has 3 aromatic rings. The van der Waals surface area contributed by atoms with E-state index in [4.69, 9.17) is 5.11 Å². The Hall–Kier alpha value is -3.08. The smallest absolute Gasteiger partial charge is 0.335 e. The second-order valence-corrected chi connectivity index (χ2v) is 6.77. The predicted molar refractivity (Wildman–Crippen MR) is 103 cm³/mol. The highest BCUT2D eigenvalue weighted by atomic mass is 16.4. The van der Waals surface area contributed by atoms with E-state index in [1.165, 1.54) is 12.1 Å². The van der Waals surface area contributed by atoms with E-state index in [-0.39, 0.29) is 11.5 Å². The molecule has 0 saturated carbocycles. The van der Waals surface area contributed by atoms with Crippen molar-refractivity contribution in [1.82, 2.24) is 4.57 Å². The van der Waals surface area contributed by atoms with Gasteiger partial charge in [0, 0.05) is 29.3 Å². The lowest BCUT2D eigenvalue weighted by atomic mass is 10.1. The van der Waals surface area contributed by atoms with Crippen molar-refractivity contribution in [2.45, 2.75) is 26.8 Å². The highest BCUT2D eigenvalue weighted by molar-refractivity contribution is 6.13. The molecule has 0 spiro atoms. The summed E-state index contributed by atoms with van der Waals surface area (Å²) in [4.78, 5) is 23.7. The summed E-state index contributed by atoms with van der Waals surface area (Å²) >= 11 is 0. The van der Waals surface area contributed by atoms with E-state index in [1.54, 1.807) is 12.1 Å². The maximum absolute atomic E-state index is 12.8. The Labute approximate surface area is 152 Å². The molecule has 5 heteroatoms. The normalized spacial score (nSPS) is 11.0. The molecular weight excluding hydrogens is 328 g/mol. The third kappa shape index (κ3) is 3.77. The standard InChI is InChI=1S/C21H22N2O3/c1-14(2)11-12-23-13-18(17-5-3-4-6-19(17)23)20(24)22-16-9-7-15(8-10-16)21(25)26/h3-10,13-14H,11-12H2,1-2H3,(H,22,24)(H,25,26). The third-order valence-electron chi connectivity index (χ3n) is 4.37. The Morgan fingerprint density at radius 2 is 1.77 bits per heavy atom. The van der Waals surface area contributed by atoms with Gasteiger partial charge >= 0.3 is 5.97 Å². The number of carboxylic acids is 1. The molecule has 2 aromatic carbocycles. The van der Waals surface area contributed by atoms with Crippen LogP contribution in [-0.4, -0.2) is 21.6 Å². The zero-order valence-electron chi connectivity index (χ0n) is 14.9. The number of fused-ring (bicyclic) bond motifs is 1. The van der Waals surface area contributed by atoms with Crippen molar-refractivity contribution in [2.24, 2.45) is 5.92 Å². The summed E-state index contributed by atoms with van der Waals surface area (Å²) in [5.41, 5.74) is 2.42. The Kier molecular flexibility index (Phi) is 5.07. The summed E-state index contributed by atoms with van der Waals surface area (Å²) in [5.74, 6) is -0.607. The lowest BCUT2D eigenvalue weighted by Crippen LogP contribution is -2.11. The minimum Gasteiger partial charge on any atom is -0.478 e. The number of nitrogens with zero attached hydrogens (tertiary/aromatic N) is 1. The van der Waals surface area contributed by atoms with E-state index >= 15 is 0 Å². The number of aromatic nitrogens is 1. The zero-order chi connectivity index (χ0) is 18.7. The van der Waals surface area contributed by atoms with Crippen LogP contribution >= 0.6 is 0 Å². The second-order valence-electron chi connectivity index (χ2n) is 6.77. The molecule has 1 amide bonds. The first kappa shape index (κ1) is 17.7. The van der Waals surface area contributed by atoms with Crippen LogP contribution in [0.25, 0.3) is 10.9 Å². The molecule has 0 saturated heterocycles. The van der Waals surface area contributed by atoms with E-state index in [0.29, 0.717) is 17.2 Å². The molecule has 3 rings (SSSR count). The van der Waals surface area contributed by atoms with Crippen LogP contribution in [0, 0.1) is 5.92 Å². The monoisotopic (exact) mass is 350 g/mol. The van der Waals surface area contributed by atoms with Gasteiger partial charge in [0.15, 0.2) is 0 Å². The van der Waals surface area contributed by atoms with E-state index < -0.39 is 5.97 Å². The topological polar surface area (TPSA) is 71.3 Å². The van der Waals surface area contributed by atoms with Gasteiger partial charge in [0.25, 0.3) is 5.91 Å². The quantitative estimate of drug-likeness (QED) is 0.680. The van der Waals surface area contributed by atoms with Crippen molar-refractivity contribution in [3.8, 4) is 0 Å². The molecule has 2 N–H and O–H groups in total. The molecule has 0 aliphatic rings. The minimum absolute atomic E-state index is 0.188. The fourth-order valence-electron chi connectivity index (χ4n) is 2.90. The Morgan fingerprint density at radius 1 is 1.08 bits per heavy atom. The number of carbonyl (C=O) groups is 2. The van der Waals surface area contributed by atoms with Crippen LogP contribution in [-0.2, 0) is 6.54 Å². The van der Waals surface area contributed by atoms with Gasteiger partial charge in [-0.2, -0.15) is 0 Å². The number of carboxylic acid groups (broad SMARTS) is 1. The van der Waals surface area contributed by atoms with E-state index in [9.17, 15) is 9.59 Å². The van der Waals surface area contributed by atoms with Gasteiger partial charge < -0.3 is 15.0 Å². The number of carbonyl (C=O) groups excluding carboxylic acids is 1. The Bertz CT molecular complexity index is 940. The number of para-hydroxylation sites is 1. The van der Waals surface area contributed by atoms with Crippen LogP contribution in [0.2, 0.25) is 0 Å². The highest BCUT2D eigenvalue weighted by Gasteiger charge is 2.15. The highest BCUT2D eigenvalue weighted by Crippen LogP contribution is 2.23. The maximum atomic E-state index is 12.8. The van der Waals surface area contributed by atoms with Crippen LogP contribution in [0.4, 0.5) is 5.69 Å². The fraction of sp³-hybridized carbons (Fsp3) is 0.238. The molecule has 5 nitrogen and oxygen atoms in total. The van der Waals surface area contributed by atoms with E-state index in [2.05, 4.69) is 23.7 Å². The average Bonchev–Trinajstić information content (AvgIpc) is 2.99. The molecule has 1 aromatic heterocycles. The second kappa shape index (κ2) is 7.44. The number of rotatable bonds is 6. The minimum atomic E-state index is -0.990. The number of aryl methyl sites for hydroxylation is 1. The first-order valence-corrected chi connectivity index (χ1v) is 8.68. The summed E-state index contributed by atoms with van der Waals surface area (Å²) in [6, 6.07) is 14.0. The number of aromatic carboxylic acids is 1. The number of amides is 1. The molecule has 0 aliphatic heterocycles. The predicted octanol–water partition coefficient (Wildman–Crippen LogP) is 4.64. The summed E-state index contributed by atoms with van der Waals surface area (Å²) in [7, 11) is 0. The zero-order valence-corrected chi connectivity index (χ0v) is 14.9. The van der Waals surface area contributed by atoms with Crippen LogP contribution < -0.4 is 5.32 Å². The molecule has 0 radical (unpaired) electrons. The van der Waals surface area contributed by atoms with E-state index in [1.807, 2.05) is 30.5 Å². The largest absolute Gasteiger partial charge is 0.478 e. The van der Waals surface area contributed by atoms with Crippen LogP contribution in [0.1, 0.15) is 41.0 Å². The first-order valence-electron chi connectivity index (χ1n) is 8.68. The number of nitrogens with one attached hydrogen (secondary N) is 1. The summed E-state index contributed by atoms with van der Waals surface area (Å²) in [6.07, 6.45) is 2.93. The molecule has 0 fully saturated rings. The van der Waals surface area contributed by atoms with Crippen molar-refractivity contribution in [1.29, 1.82) is 0 Å². The molecule has 0 aliphatic carbocycles. The van der Waals surface area contributed by atoms with Crippen molar-refractivity contribution in [3.05, 3.63) is 65.9 Å². The van der Waals surface area contributed by atoms with Crippen molar-refractivity contribution >= 4 is 28.5 Å². The Morgan fingerprint density at radius 3 is 2.42 bits per heavy atom. The molecule has 0 unspecified atom stereocenters. The molecule has 26 heavy (non-hydrogen) atoms. The molecule has 0 bridgehead atoms.